The Labute approximate surface area is 166 Å². The van der Waals surface area contributed by atoms with Crippen LogP contribution in [0.1, 0.15) is 48.0 Å². The highest BCUT2D eigenvalue weighted by molar-refractivity contribution is 5.95. The Morgan fingerprint density at radius 3 is 2.64 bits per heavy atom. The van der Waals surface area contributed by atoms with Gasteiger partial charge in [-0.15, -0.1) is 0 Å². The zero-order valence-corrected chi connectivity index (χ0v) is 16.1. The van der Waals surface area contributed by atoms with Crippen LogP contribution in [0.25, 0.3) is 11.1 Å². The van der Waals surface area contributed by atoms with Gasteiger partial charge in [-0.1, -0.05) is 36.8 Å². The van der Waals surface area contributed by atoms with Crippen LogP contribution in [0.5, 0.6) is 0 Å². The molecular weight excluding hydrogens is 348 g/mol. The molecule has 0 bridgehead atoms. The Morgan fingerprint density at radius 2 is 1.93 bits per heavy atom. The van der Waals surface area contributed by atoms with Gasteiger partial charge < -0.3 is 9.64 Å². The summed E-state index contributed by atoms with van der Waals surface area (Å²) in [6.45, 7) is 2.29. The maximum absolute atomic E-state index is 13.4. The highest BCUT2D eigenvalue weighted by atomic mass is 16.5. The van der Waals surface area contributed by atoms with Crippen LogP contribution < -0.4 is 0 Å². The molecule has 1 amide bonds. The van der Waals surface area contributed by atoms with Gasteiger partial charge in [0.2, 0.25) is 0 Å². The van der Waals surface area contributed by atoms with Crippen molar-refractivity contribution in [3.63, 3.8) is 0 Å². The summed E-state index contributed by atoms with van der Waals surface area (Å²) in [4.78, 5) is 15.3. The molecule has 2 fully saturated rings. The van der Waals surface area contributed by atoms with Crippen LogP contribution >= 0.6 is 0 Å². The van der Waals surface area contributed by atoms with Gasteiger partial charge in [-0.2, -0.15) is 5.26 Å². The van der Waals surface area contributed by atoms with Gasteiger partial charge in [0.15, 0.2) is 0 Å². The lowest BCUT2D eigenvalue weighted by Crippen LogP contribution is -2.41. The molecule has 1 saturated carbocycles. The number of benzene rings is 2. The molecule has 144 valence electrons. The molecule has 1 aliphatic carbocycles. The second-order valence-electron chi connectivity index (χ2n) is 7.88. The fourth-order valence-corrected chi connectivity index (χ4v) is 4.10. The second-order valence-corrected chi connectivity index (χ2v) is 7.88. The number of rotatable bonds is 6. The van der Waals surface area contributed by atoms with E-state index < -0.39 is 0 Å². The van der Waals surface area contributed by atoms with Crippen LogP contribution in [0, 0.1) is 17.2 Å². The molecule has 4 heteroatoms. The fraction of sp³-hybridized carbons (Fsp3) is 0.417. The molecule has 1 atom stereocenters. The molecule has 0 aromatic heterocycles. The summed E-state index contributed by atoms with van der Waals surface area (Å²) in [7, 11) is 0. The summed E-state index contributed by atoms with van der Waals surface area (Å²) in [5, 5.41) is 9.40. The van der Waals surface area contributed by atoms with Crippen molar-refractivity contribution in [3.8, 4) is 17.2 Å². The summed E-state index contributed by atoms with van der Waals surface area (Å²) in [6.07, 6.45) is 5.97. The second kappa shape index (κ2) is 8.58. The van der Waals surface area contributed by atoms with Crippen LogP contribution in [-0.2, 0) is 4.74 Å². The lowest BCUT2D eigenvalue weighted by molar-refractivity contribution is 0.0448. The van der Waals surface area contributed by atoms with Gasteiger partial charge in [-0.3, -0.25) is 4.79 Å². The predicted octanol–water partition coefficient (Wildman–Crippen LogP) is 4.65. The van der Waals surface area contributed by atoms with Crippen LogP contribution in [-0.4, -0.2) is 36.6 Å². The van der Waals surface area contributed by atoms with E-state index in [4.69, 9.17) is 4.74 Å². The van der Waals surface area contributed by atoms with Crippen molar-refractivity contribution in [1.29, 1.82) is 5.26 Å². The zero-order valence-electron chi connectivity index (χ0n) is 16.1. The Morgan fingerprint density at radius 1 is 1.07 bits per heavy atom. The molecule has 0 N–H and O–H groups in total. The molecule has 2 aromatic carbocycles. The molecular formula is C24H26N2O2. The van der Waals surface area contributed by atoms with E-state index in [1.54, 1.807) is 0 Å². The normalized spacial score (nSPS) is 19.0. The summed E-state index contributed by atoms with van der Waals surface area (Å²) in [5.41, 5.74) is 3.08. The van der Waals surface area contributed by atoms with Gasteiger partial charge in [-0.05, 0) is 60.9 Å². The highest BCUT2D eigenvalue weighted by Crippen LogP contribution is 2.29. The molecule has 1 saturated heterocycles. The van der Waals surface area contributed by atoms with Crippen LogP contribution in [0.4, 0.5) is 0 Å². The van der Waals surface area contributed by atoms with Gasteiger partial charge in [-0.25, -0.2) is 0 Å². The third kappa shape index (κ3) is 4.10. The summed E-state index contributed by atoms with van der Waals surface area (Å²) >= 11 is 0. The van der Waals surface area contributed by atoms with Crippen LogP contribution in [0.15, 0.2) is 48.5 Å². The quantitative estimate of drug-likeness (QED) is 0.740. The zero-order chi connectivity index (χ0) is 19.3. The Hall–Kier alpha value is -2.64. The molecule has 2 aliphatic rings. The number of hydrogen-bond donors (Lipinski definition) is 0. The van der Waals surface area contributed by atoms with Crippen molar-refractivity contribution in [3.05, 3.63) is 59.7 Å². The standard InChI is InChI=1S/C24H26N2O2/c25-15-21-8-1-2-12-23(21)19-9-4-10-20(14-19)24(27)26(16-18-6-3-7-18)17-22-11-5-13-28-22/h1-2,4,8-10,12,14,18,22H,3,5-7,11,13,16-17H2/t22-/m0/s1. The van der Waals surface area contributed by atoms with E-state index in [1.165, 1.54) is 19.3 Å². The van der Waals surface area contributed by atoms with Gasteiger partial charge in [0.1, 0.15) is 0 Å². The third-order valence-electron chi connectivity index (χ3n) is 5.91. The molecule has 28 heavy (non-hydrogen) atoms. The number of nitriles is 1. The fourth-order valence-electron chi connectivity index (χ4n) is 4.10. The Kier molecular flexibility index (Phi) is 5.73. The maximum Gasteiger partial charge on any atom is 0.253 e. The molecule has 1 heterocycles. The van der Waals surface area contributed by atoms with Crippen molar-refractivity contribution < 1.29 is 9.53 Å². The minimum absolute atomic E-state index is 0.0682. The topological polar surface area (TPSA) is 53.3 Å². The minimum Gasteiger partial charge on any atom is -0.376 e. The van der Waals surface area contributed by atoms with E-state index in [9.17, 15) is 10.1 Å². The number of nitrogens with zero attached hydrogens (tertiary/aromatic N) is 2. The number of amides is 1. The molecule has 2 aromatic rings. The van der Waals surface area contributed by atoms with Crippen molar-refractivity contribution in [1.82, 2.24) is 4.90 Å². The Bertz CT molecular complexity index is 876. The summed E-state index contributed by atoms with van der Waals surface area (Å²) in [5.74, 6) is 0.687. The minimum atomic E-state index is 0.0682. The molecule has 0 radical (unpaired) electrons. The van der Waals surface area contributed by atoms with Gasteiger partial charge in [0.25, 0.3) is 5.91 Å². The molecule has 4 nitrogen and oxygen atoms in total. The van der Waals surface area contributed by atoms with E-state index in [2.05, 4.69) is 6.07 Å². The average molecular weight is 374 g/mol. The third-order valence-corrected chi connectivity index (χ3v) is 5.91. The van der Waals surface area contributed by atoms with Gasteiger partial charge in [0.05, 0.1) is 17.7 Å². The molecule has 1 aliphatic heterocycles. The van der Waals surface area contributed by atoms with Gasteiger partial charge >= 0.3 is 0 Å². The first kappa shape index (κ1) is 18.7. The van der Waals surface area contributed by atoms with E-state index in [1.807, 2.05) is 53.4 Å². The Balaban J connectivity index is 1.58. The molecule has 0 unspecified atom stereocenters. The lowest BCUT2D eigenvalue weighted by atomic mass is 9.85. The smallest absolute Gasteiger partial charge is 0.253 e. The molecule has 0 spiro atoms. The SMILES string of the molecule is N#Cc1ccccc1-c1cccc(C(=O)N(CC2CCC2)C[C@@H]2CCCO2)c1. The summed E-state index contributed by atoms with van der Waals surface area (Å²) < 4.78 is 5.80. The van der Waals surface area contributed by atoms with Crippen molar-refractivity contribution in [2.75, 3.05) is 19.7 Å². The average Bonchev–Trinajstić information content (AvgIpc) is 3.22. The first-order valence-electron chi connectivity index (χ1n) is 10.2. The number of carbonyl (C=O) groups is 1. The van der Waals surface area contributed by atoms with E-state index in [0.717, 1.165) is 37.1 Å². The van der Waals surface area contributed by atoms with Gasteiger partial charge in [0, 0.05) is 25.3 Å². The lowest BCUT2D eigenvalue weighted by Gasteiger charge is -2.33. The van der Waals surface area contributed by atoms with Crippen molar-refractivity contribution in [2.45, 2.75) is 38.2 Å². The van der Waals surface area contributed by atoms with Crippen molar-refractivity contribution in [2.24, 2.45) is 5.92 Å². The van der Waals surface area contributed by atoms with E-state index >= 15 is 0 Å². The van der Waals surface area contributed by atoms with Crippen LogP contribution in [0.3, 0.4) is 0 Å². The van der Waals surface area contributed by atoms with Crippen LogP contribution in [0.2, 0.25) is 0 Å². The van der Waals surface area contributed by atoms with E-state index in [0.29, 0.717) is 23.6 Å². The summed E-state index contributed by atoms with van der Waals surface area (Å²) in [6, 6.07) is 17.4. The highest BCUT2D eigenvalue weighted by Gasteiger charge is 2.28. The number of ether oxygens (including phenoxy) is 1. The first-order valence-corrected chi connectivity index (χ1v) is 10.2. The largest absolute Gasteiger partial charge is 0.376 e. The monoisotopic (exact) mass is 374 g/mol. The first-order chi connectivity index (χ1) is 13.7. The number of carbonyl (C=O) groups excluding carboxylic acids is 1. The van der Waals surface area contributed by atoms with E-state index in [-0.39, 0.29) is 12.0 Å². The number of hydrogen-bond acceptors (Lipinski definition) is 3. The van der Waals surface area contributed by atoms with Crippen molar-refractivity contribution >= 4 is 5.91 Å². The predicted molar refractivity (Wildman–Crippen MR) is 109 cm³/mol. The maximum atomic E-state index is 13.4. The molecule has 4 rings (SSSR count).